The van der Waals surface area contributed by atoms with Crippen molar-refractivity contribution in [2.75, 3.05) is 10.2 Å². The maximum Gasteiger partial charge on any atom is 0.240 e. The average Bonchev–Trinajstić information content (AvgIpc) is 2.59. The van der Waals surface area contributed by atoms with Gasteiger partial charge in [-0.05, 0) is 54.8 Å². The van der Waals surface area contributed by atoms with Crippen molar-refractivity contribution in [3.63, 3.8) is 0 Å². The van der Waals surface area contributed by atoms with Crippen molar-refractivity contribution < 1.29 is 9.59 Å². The highest BCUT2D eigenvalue weighted by atomic mass is 35.5. The molecule has 0 radical (unpaired) electrons. The summed E-state index contributed by atoms with van der Waals surface area (Å²) in [5, 5.41) is 3.46. The van der Waals surface area contributed by atoms with E-state index in [0.29, 0.717) is 30.1 Å². The minimum Gasteiger partial charge on any atom is -0.325 e. The van der Waals surface area contributed by atoms with E-state index in [-0.39, 0.29) is 24.2 Å². The van der Waals surface area contributed by atoms with E-state index in [1.54, 1.807) is 17.9 Å². The molecule has 1 aliphatic heterocycles. The zero-order chi connectivity index (χ0) is 18.0. The van der Waals surface area contributed by atoms with Gasteiger partial charge in [-0.2, -0.15) is 0 Å². The van der Waals surface area contributed by atoms with Gasteiger partial charge in [0, 0.05) is 22.8 Å². The van der Waals surface area contributed by atoms with Crippen LogP contribution < -0.4 is 16.0 Å². The first-order valence-electron chi connectivity index (χ1n) is 8.18. The van der Waals surface area contributed by atoms with Gasteiger partial charge in [-0.25, -0.2) is 0 Å². The second-order valence-electron chi connectivity index (χ2n) is 6.23. The fourth-order valence-corrected chi connectivity index (χ4v) is 2.97. The lowest BCUT2D eigenvalue weighted by molar-refractivity contribution is -0.119. The maximum atomic E-state index is 12.4. The molecular formula is C19H21Cl2N3O2. The number of fused-ring (bicyclic) bond motifs is 1. The fourth-order valence-electron chi connectivity index (χ4n) is 2.84. The summed E-state index contributed by atoms with van der Waals surface area (Å²) >= 11 is 5.92. The van der Waals surface area contributed by atoms with Gasteiger partial charge in [0.1, 0.15) is 0 Å². The molecule has 0 spiro atoms. The highest BCUT2D eigenvalue weighted by Crippen LogP contribution is 2.31. The standard InChI is InChI=1S/C19H20ClN3O2.ClH/c1-12(21)19(25)22-16-7-8-17-14(10-16)4-9-18(24)23(17)11-13-2-5-15(20)6-3-13;/h2-3,5-8,10,12H,4,9,11,21H2,1H3,(H,22,25);1H/t12-;/m0./s1. The lowest BCUT2D eigenvalue weighted by Crippen LogP contribution is -2.35. The summed E-state index contributed by atoms with van der Waals surface area (Å²) in [6.07, 6.45) is 1.11. The molecule has 2 aromatic rings. The Balaban J connectivity index is 0.00000243. The monoisotopic (exact) mass is 393 g/mol. The molecular weight excluding hydrogens is 373 g/mol. The molecule has 0 fully saturated rings. The zero-order valence-electron chi connectivity index (χ0n) is 14.4. The Hall–Kier alpha value is -2.08. The number of amides is 2. The van der Waals surface area contributed by atoms with Crippen molar-refractivity contribution in [3.8, 4) is 0 Å². The molecule has 5 nitrogen and oxygen atoms in total. The number of carbonyl (C=O) groups is 2. The van der Waals surface area contributed by atoms with Crippen LogP contribution in [0.25, 0.3) is 0 Å². The van der Waals surface area contributed by atoms with Crippen LogP contribution in [0, 0.1) is 0 Å². The van der Waals surface area contributed by atoms with Crippen LogP contribution in [0.15, 0.2) is 42.5 Å². The Kier molecular flexibility index (Phi) is 6.64. The maximum absolute atomic E-state index is 12.4. The van der Waals surface area contributed by atoms with Crippen molar-refractivity contribution in [3.05, 3.63) is 58.6 Å². The van der Waals surface area contributed by atoms with E-state index in [4.69, 9.17) is 17.3 Å². The van der Waals surface area contributed by atoms with Crippen molar-refractivity contribution in [2.24, 2.45) is 5.73 Å². The Morgan fingerprint density at radius 1 is 1.23 bits per heavy atom. The quantitative estimate of drug-likeness (QED) is 0.833. The van der Waals surface area contributed by atoms with E-state index in [0.717, 1.165) is 16.8 Å². The van der Waals surface area contributed by atoms with Gasteiger partial charge in [0.2, 0.25) is 11.8 Å². The molecule has 0 saturated carbocycles. The second kappa shape index (κ2) is 8.54. The topological polar surface area (TPSA) is 75.4 Å². The van der Waals surface area contributed by atoms with Crippen LogP contribution in [-0.4, -0.2) is 17.9 Å². The molecule has 1 atom stereocenters. The SMILES string of the molecule is C[C@H](N)C(=O)Nc1ccc2c(c1)CCC(=O)N2Cc1ccc(Cl)cc1.Cl. The van der Waals surface area contributed by atoms with Gasteiger partial charge < -0.3 is 16.0 Å². The molecule has 0 aliphatic carbocycles. The predicted molar refractivity (Wildman–Crippen MR) is 107 cm³/mol. The Bertz CT molecular complexity index is 807. The van der Waals surface area contributed by atoms with Gasteiger partial charge in [-0.3, -0.25) is 9.59 Å². The Morgan fingerprint density at radius 2 is 1.92 bits per heavy atom. The van der Waals surface area contributed by atoms with Gasteiger partial charge >= 0.3 is 0 Å². The van der Waals surface area contributed by atoms with Crippen LogP contribution in [0.4, 0.5) is 11.4 Å². The number of nitrogens with one attached hydrogen (secondary N) is 1. The van der Waals surface area contributed by atoms with E-state index in [9.17, 15) is 9.59 Å². The second-order valence-corrected chi connectivity index (χ2v) is 6.66. The molecule has 138 valence electrons. The summed E-state index contributed by atoms with van der Waals surface area (Å²) in [6, 6.07) is 12.5. The number of nitrogens with two attached hydrogens (primary N) is 1. The largest absolute Gasteiger partial charge is 0.325 e. The third-order valence-electron chi connectivity index (χ3n) is 4.21. The van der Waals surface area contributed by atoms with E-state index in [1.807, 2.05) is 36.4 Å². The lowest BCUT2D eigenvalue weighted by Gasteiger charge is -2.30. The van der Waals surface area contributed by atoms with E-state index in [1.165, 1.54) is 0 Å². The predicted octanol–water partition coefficient (Wildman–Crippen LogP) is 3.53. The van der Waals surface area contributed by atoms with Crippen LogP contribution >= 0.6 is 24.0 Å². The fraction of sp³-hybridized carbons (Fsp3) is 0.263. The van der Waals surface area contributed by atoms with Gasteiger partial charge in [0.15, 0.2) is 0 Å². The molecule has 3 rings (SSSR count). The number of aryl methyl sites for hydroxylation is 1. The van der Waals surface area contributed by atoms with Gasteiger partial charge in [0.25, 0.3) is 0 Å². The zero-order valence-corrected chi connectivity index (χ0v) is 15.9. The summed E-state index contributed by atoms with van der Waals surface area (Å²) in [4.78, 5) is 25.9. The first-order valence-corrected chi connectivity index (χ1v) is 8.56. The summed E-state index contributed by atoms with van der Waals surface area (Å²) in [5.74, 6) is -0.139. The first kappa shape index (κ1) is 20.2. The lowest BCUT2D eigenvalue weighted by atomic mass is 9.99. The van der Waals surface area contributed by atoms with Crippen molar-refractivity contribution >= 4 is 47.2 Å². The van der Waals surface area contributed by atoms with E-state index in [2.05, 4.69) is 5.32 Å². The summed E-state index contributed by atoms with van der Waals surface area (Å²) in [7, 11) is 0. The van der Waals surface area contributed by atoms with Crippen molar-refractivity contribution in [1.82, 2.24) is 0 Å². The van der Waals surface area contributed by atoms with Gasteiger partial charge in [-0.15, -0.1) is 12.4 Å². The van der Waals surface area contributed by atoms with Crippen LogP contribution in [-0.2, 0) is 22.6 Å². The van der Waals surface area contributed by atoms with Crippen LogP contribution in [0.3, 0.4) is 0 Å². The Morgan fingerprint density at radius 3 is 2.58 bits per heavy atom. The number of halogens is 2. The molecule has 26 heavy (non-hydrogen) atoms. The van der Waals surface area contributed by atoms with Crippen molar-refractivity contribution in [2.45, 2.75) is 32.4 Å². The van der Waals surface area contributed by atoms with E-state index >= 15 is 0 Å². The number of carbonyl (C=O) groups excluding carboxylic acids is 2. The third kappa shape index (κ3) is 4.55. The van der Waals surface area contributed by atoms with Crippen molar-refractivity contribution in [1.29, 1.82) is 0 Å². The molecule has 2 amide bonds. The molecule has 2 aromatic carbocycles. The number of rotatable bonds is 4. The van der Waals surface area contributed by atoms with Crippen LogP contribution in [0.2, 0.25) is 5.02 Å². The molecule has 3 N–H and O–H groups in total. The summed E-state index contributed by atoms with van der Waals surface area (Å²) < 4.78 is 0. The third-order valence-corrected chi connectivity index (χ3v) is 4.47. The highest BCUT2D eigenvalue weighted by Gasteiger charge is 2.24. The highest BCUT2D eigenvalue weighted by molar-refractivity contribution is 6.30. The molecule has 0 saturated heterocycles. The molecule has 0 aromatic heterocycles. The molecule has 0 bridgehead atoms. The number of nitrogens with zero attached hydrogens (tertiary/aromatic N) is 1. The first-order chi connectivity index (χ1) is 11.9. The van der Waals surface area contributed by atoms with Gasteiger partial charge in [-0.1, -0.05) is 23.7 Å². The number of hydrogen-bond acceptors (Lipinski definition) is 3. The normalized spacial score (nSPS) is 14.3. The Labute approximate surface area is 163 Å². The minimum atomic E-state index is -0.570. The average molecular weight is 394 g/mol. The number of anilines is 2. The smallest absolute Gasteiger partial charge is 0.240 e. The molecule has 0 unspecified atom stereocenters. The van der Waals surface area contributed by atoms with Crippen LogP contribution in [0.5, 0.6) is 0 Å². The summed E-state index contributed by atoms with van der Waals surface area (Å²) in [6.45, 7) is 2.13. The summed E-state index contributed by atoms with van der Waals surface area (Å²) in [5.41, 5.74) is 9.21. The number of benzene rings is 2. The van der Waals surface area contributed by atoms with Gasteiger partial charge in [0.05, 0.1) is 12.6 Å². The number of hydrogen-bond donors (Lipinski definition) is 2. The minimum absolute atomic E-state index is 0. The molecule has 7 heteroatoms. The van der Waals surface area contributed by atoms with Crippen LogP contribution in [0.1, 0.15) is 24.5 Å². The molecule has 1 aliphatic rings. The van der Waals surface area contributed by atoms with E-state index < -0.39 is 6.04 Å². The molecule has 1 heterocycles.